The molecule has 1 aliphatic rings. The quantitative estimate of drug-likeness (QED) is 0.532. The van der Waals surface area contributed by atoms with Gasteiger partial charge in [-0.05, 0) is 25.2 Å². The van der Waals surface area contributed by atoms with Crippen molar-refractivity contribution in [2.24, 2.45) is 5.92 Å². The van der Waals surface area contributed by atoms with Crippen LogP contribution in [0.4, 0.5) is 0 Å². The number of hydrogen-bond donors (Lipinski definition) is 0. The van der Waals surface area contributed by atoms with Gasteiger partial charge in [0.2, 0.25) is 0 Å². The summed E-state index contributed by atoms with van der Waals surface area (Å²) in [5.74, 6) is 0.933. The van der Waals surface area contributed by atoms with Crippen LogP contribution in [0.1, 0.15) is 45.4 Å². The van der Waals surface area contributed by atoms with Gasteiger partial charge in [0.1, 0.15) is 0 Å². The van der Waals surface area contributed by atoms with Gasteiger partial charge in [0, 0.05) is 11.9 Å². The summed E-state index contributed by atoms with van der Waals surface area (Å²) >= 11 is 3.42. The fourth-order valence-electron chi connectivity index (χ4n) is 2.07. The van der Waals surface area contributed by atoms with Gasteiger partial charge in [-0.3, -0.25) is 0 Å². The standard InChI is InChI=1S/C11H21BrO/c1-2-10-5-3-6-11(9-10)13-8-4-7-12/h10-11H,2-9H2,1H3. The van der Waals surface area contributed by atoms with Crippen LogP contribution in [-0.4, -0.2) is 18.0 Å². The summed E-state index contributed by atoms with van der Waals surface area (Å²) in [4.78, 5) is 0. The summed E-state index contributed by atoms with van der Waals surface area (Å²) in [5.41, 5.74) is 0. The molecule has 1 fully saturated rings. The Morgan fingerprint density at radius 1 is 1.38 bits per heavy atom. The molecule has 2 unspecified atom stereocenters. The highest BCUT2D eigenvalue weighted by atomic mass is 79.9. The van der Waals surface area contributed by atoms with Crippen molar-refractivity contribution in [3.8, 4) is 0 Å². The predicted molar refractivity (Wildman–Crippen MR) is 60.4 cm³/mol. The number of alkyl halides is 1. The van der Waals surface area contributed by atoms with Gasteiger partial charge >= 0.3 is 0 Å². The van der Waals surface area contributed by atoms with Crippen LogP contribution in [0, 0.1) is 5.92 Å². The molecule has 0 spiro atoms. The molecule has 0 radical (unpaired) electrons. The molecule has 0 aromatic rings. The molecule has 0 N–H and O–H groups in total. The Labute approximate surface area is 90.4 Å². The first-order valence-corrected chi connectivity index (χ1v) is 6.66. The Morgan fingerprint density at radius 2 is 2.23 bits per heavy atom. The minimum absolute atomic E-state index is 0.567. The molecule has 1 aliphatic carbocycles. The first kappa shape index (κ1) is 11.5. The van der Waals surface area contributed by atoms with Crippen LogP contribution in [0.5, 0.6) is 0 Å². The highest BCUT2D eigenvalue weighted by molar-refractivity contribution is 9.09. The van der Waals surface area contributed by atoms with Crippen molar-refractivity contribution in [1.82, 2.24) is 0 Å². The number of halogens is 1. The second-order valence-electron chi connectivity index (χ2n) is 3.98. The van der Waals surface area contributed by atoms with Crippen LogP contribution in [0.25, 0.3) is 0 Å². The van der Waals surface area contributed by atoms with Crippen molar-refractivity contribution < 1.29 is 4.74 Å². The second-order valence-corrected chi connectivity index (χ2v) is 4.77. The zero-order valence-electron chi connectivity index (χ0n) is 8.60. The maximum atomic E-state index is 5.83. The van der Waals surface area contributed by atoms with E-state index in [4.69, 9.17) is 4.74 Å². The van der Waals surface area contributed by atoms with E-state index in [2.05, 4.69) is 22.9 Å². The molecule has 0 heterocycles. The van der Waals surface area contributed by atoms with Gasteiger partial charge in [-0.15, -0.1) is 0 Å². The third kappa shape index (κ3) is 4.46. The van der Waals surface area contributed by atoms with Crippen molar-refractivity contribution in [3.05, 3.63) is 0 Å². The van der Waals surface area contributed by atoms with Gasteiger partial charge in [0.15, 0.2) is 0 Å². The molecular weight excluding hydrogens is 228 g/mol. The van der Waals surface area contributed by atoms with E-state index in [1.165, 1.54) is 32.1 Å². The van der Waals surface area contributed by atoms with E-state index in [1.54, 1.807) is 0 Å². The Balaban J connectivity index is 2.11. The minimum atomic E-state index is 0.567. The lowest BCUT2D eigenvalue weighted by atomic mass is 9.85. The SMILES string of the molecule is CCC1CCCC(OCCCBr)C1. The molecule has 0 aromatic carbocycles. The molecule has 1 saturated carbocycles. The van der Waals surface area contributed by atoms with E-state index in [0.29, 0.717) is 6.10 Å². The van der Waals surface area contributed by atoms with E-state index in [0.717, 1.165) is 24.3 Å². The Bertz CT molecular complexity index is 127. The first-order valence-electron chi connectivity index (χ1n) is 5.54. The highest BCUT2D eigenvalue weighted by Crippen LogP contribution is 2.28. The van der Waals surface area contributed by atoms with Gasteiger partial charge in [-0.1, -0.05) is 42.1 Å². The molecule has 0 saturated heterocycles. The fraction of sp³-hybridized carbons (Fsp3) is 1.00. The van der Waals surface area contributed by atoms with Crippen LogP contribution in [0.2, 0.25) is 0 Å². The van der Waals surface area contributed by atoms with E-state index >= 15 is 0 Å². The maximum Gasteiger partial charge on any atom is 0.0577 e. The van der Waals surface area contributed by atoms with Gasteiger partial charge in [0.25, 0.3) is 0 Å². The van der Waals surface area contributed by atoms with Crippen LogP contribution >= 0.6 is 15.9 Å². The molecule has 1 rings (SSSR count). The summed E-state index contributed by atoms with van der Waals surface area (Å²) in [6.07, 6.45) is 8.44. The highest BCUT2D eigenvalue weighted by Gasteiger charge is 2.20. The Hall–Kier alpha value is 0.440. The average molecular weight is 249 g/mol. The van der Waals surface area contributed by atoms with Gasteiger partial charge in [0.05, 0.1) is 6.10 Å². The minimum Gasteiger partial charge on any atom is -0.378 e. The summed E-state index contributed by atoms with van der Waals surface area (Å²) in [7, 11) is 0. The monoisotopic (exact) mass is 248 g/mol. The summed E-state index contributed by atoms with van der Waals surface area (Å²) < 4.78 is 5.83. The largest absolute Gasteiger partial charge is 0.378 e. The van der Waals surface area contributed by atoms with Crippen molar-refractivity contribution in [2.75, 3.05) is 11.9 Å². The van der Waals surface area contributed by atoms with Crippen molar-refractivity contribution in [1.29, 1.82) is 0 Å². The topological polar surface area (TPSA) is 9.23 Å². The molecule has 0 amide bonds. The molecule has 1 nitrogen and oxygen atoms in total. The predicted octanol–water partition coefficient (Wildman–Crippen LogP) is 3.76. The van der Waals surface area contributed by atoms with E-state index in [9.17, 15) is 0 Å². The Kier molecular flexibility index (Phi) is 6.05. The maximum absolute atomic E-state index is 5.83. The fourth-order valence-corrected chi connectivity index (χ4v) is 2.30. The summed E-state index contributed by atoms with van der Waals surface area (Å²) in [6.45, 7) is 3.23. The Morgan fingerprint density at radius 3 is 2.92 bits per heavy atom. The average Bonchev–Trinajstić information content (AvgIpc) is 2.19. The molecule has 0 aromatic heterocycles. The van der Waals surface area contributed by atoms with Gasteiger partial charge < -0.3 is 4.74 Å². The summed E-state index contributed by atoms with van der Waals surface area (Å²) in [5, 5.41) is 1.07. The third-order valence-electron chi connectivity index (χ3n) is 2.94. The van der Waals surface area contributed by atoms with Gasteiger partial charge in [-0.2, -0.15) is 0 Å². The van der Waals surface area contributed by atoms with Crippen LogP contribution in [0.15, 0.2) is 0 Å². The van der Waals surface area contributed by atoms with E-state index < -0.39 is 0 Å². The van der Waals surface area contributed by atoms with Crippen LogP contribution < -0.4 is 0 Å². The number of rotatable bonds is 5. The second kappa shape index (κ2) is 6.83. The van der Waals surface area contributed by atoms with E-state index in [-0.39, 0.29) is 0 Å². The molecule has 0 bridgehead atoms. The molecule has 0 aliphatic heterocycles. The zero-order chi connectivity index (χ0) is 9.52. The molecular formula is C11H21BrO. The van der Waals surface area contributed by atoms with Crippen LogP contribution in [0.3, 0.4) is 0 Å². The lowest BCUT2D eigenvalue weighted by Gasteiger charge is -2.28. The van der Waals surface area contributed by atoms with Crippen molar-refractivity contribution in [3.63, 3.8) is 0 Å². The third-order valence-corrected chi connectivity index (χ3v) is 3.50. The number of ether oxygens (including phenoxy) is 1. The lowest BCUT2D eigenvalue weighted by molar-refractivity contribution is 0.0133. The molecule has 2 heteroatoms. The smallest absolute Gasteiger partial charge is 0.0577 e. The van der Waals surface area contributed by atoms with Gasteiger partial charge in [-0.25, -0.2) is 0 Å². The molecule has 78 valence electrons. The van der Waals surface area contributed by atoms with Crippen molar-refractivity contribution in [2.45, 2.75) is 51.6 Å². The first-order chi connectivity index (χ1) is 6.36. The molecule has 13 heavy (non-hydrogen) atoms. The van der Waals surface area contributed by atoms with Crippen molar-refractivity contribution >= 4 is 15.9 Å². The normalized spacial score (nSPS) is 29.1. The number of hydrogen-bond acceptors (Lipinski definition) is 1. The molecule has 2 atom stereocenters. The van der Waals surface area contributed by atoms with E-state index in [1.807, 2.05) is 0 Å². The lowest BCUT2D eigenvalue weighted by Crippen LogP contribution is -2.23. The summed E-state index contributed by atoms with van der Waals surface area (Å²) in [6, 6.07) is 0. The van der Waals surface area contributed by atoms with Crippen LogP contribution in [-0.2, 0) is 4.74 Å². The zero-order valence-corrected chi connectivity index (χ0v) is 10.2.